The number of para-hydroxylation sites is 1. The molecule has 2 unspecified atom stereocenters. The quantitative estimate of drug-likeness (QED) is 0.357. The maximum atomic E-state index is 14.2. The van der Waals surface area contributed by atoms with Crippen LogP contribution in [0.15, 0.2) is 36.4 Å². The van der Waals surface area contributed by atoms with Crippen LogP contribution in [0.4, 0.5) is 10.5 Å². The minimum Gasteiger partial charge on any atom is -0.508 e. The fraction of sp³-hybridized carbons (Fsp3) is 0.448. The Labute approximate surface area is 240 Å². The Kier molecular flexibility index (Phi) is 10.2. The SMILES string of the molecule is Cc1cc(C(C(=O)Nc2c(C)cccc2Cl)N(C(=O)C(CC(N)=O)NC(=O)OC(C)(C)C)C(C)(C)C)ccc1O. The number of phenols is 1. The molecule has 0 heterocycles. The van der Waals surface area contributed by atoms with Gasteiger partial charge in [0.25, 0.3) is 5.91 Å². The number of nitrogens with zero attached hydrogens (tertiary/aromatic N) is 1. The van der Waals surface area contributed by atoms with Crippen molar-refractivity contribution in [2.45, 2.75) is 85.0 Å². The topological polar surface area (TPSA) is 151 Å². The van der Waals surface area contributed by atoms with Crippen LogP contribution in [0.1, 0.15) is 70.7 Å². The molecule has 40 heavy (non-hydrogen) atoms. The van der Waals surface area contributed by atoms with E-state index in [0.717, 1.165) is 0 Å². The minimum atomic E-state index is -1.43. The van der Waals surface area contributed by atoms with Gasteiger partial charge in [-0.25, -0.2) is 4.79 Å². The van der Waals surface area contributed by atoms with E-state index in [1.54, 1.807) is 79.7 Å². The van der Waals surface area contributed by atoms with Crippen LogP contribution in [-0.4, -0.2) is 51.0 Å². The van der Waals surface area contributed by atoms with Crippen LogP contribution in [0.3, 0.4) is 0 Å². The molecule has 0 fully saturated rings. The predicted octanol–water partition coefficient (Wildman–Crippen LogP) is 4.74. The van der Waals surface area contributed by atoms with Crippen LogP contribution >= 0.6 is 11.6 Å². The van der Waals surface area contributed by atoms with Crippen molar-refractivity contribution in [2.24, 2.45) is 5.73 Å². The maximum Gasteiger partial charge on any atom is 0.408 e. The van der Waals surface area contributed by atoms with Gasteiger partial charge >= 0.3 is 6.09 Å². The van der Waals surface area contributed by atoms with Crippen LogP contribution in [0.2, 0.25) is 5.02 Å². The molecule has 2 atom stereocenters. The number of aryl methyl sites for hydroxylation is 2. The molecule has 0 aliphatic carbocycles. The number of amides is 4. The zero-order valence-corrected chi connectivity index (χ0v) is 25.0. The van der Waals surface area contributed by atoms with Crippen molar-refractivity contribution in [3.63, 3.8) is 0 Å². The molecule has 5 N–H and O–H groups in total. The Hall–Kier alpha value is -3.79. The van der Waals surface area contributed by atoms with Gasteiger partial charge in [0.1, 0.15) is 23.4 Å². The average molecular weight is 575 g/mol. The van der Waals surface area contributed by atoms with Gasteiger partial charge in [0.05, 0.1) is 17.1 Å². The van der Waals surface area contributed by atoms with E-state index in [-0.39, 0.29) is 5.75 Å². The summed E-state index contributed by atoms with van der Waals surface area (Å²) in [4.78, 5) is 54.1. The van der Waals surface area contributed by atoms with Gasteiger partial charge in [0, 0.05) is 5.54 Å². The predicted molar refractivity (Wildman–Crippen MR) is 154 cm³/mol. The lowest BCUT2D eigenvalue weighted by Crippen LogP contribution is -2.58. The summed E-state index contributed by atoms with van der Waals surface area (Å²) in [6.07, 6.45) is -1.45. The Morgan fingerprint density at radius 3 is 2.15 bits per heavy atom. The molecule has 2 aromatic rings. The molecule has 2 aromatic carbocycles. The number of nitrogens with one attached hydrogen (secondary N) is 2. The fourth-order valence-electron chi connectivity index (χ4n) is 4.11. The van der Waals surface area contributed by atoms with Crippen LogP contribution in [0.25, 0.3) is 0 Å². The lowest BCUT2D eigenvalue weighted by Gasteiger charge is -2.43. The van der Waals surface area contributed by atoms with Crippen LogP contribution in [0, 0.1) is 13.8 Å². The molecule has 0 saturated carbocycles. The van der Waals surface area contributed by atoms with Gasteiger partial charge < -0.3 is 31.1 Å². The standard InChI is InChI=1S/C29H39ClN4O6/c1-16-10-9-11-19(30)23(16)33-25(37)24(18-12-13-21(35)17(2)14-18)34(28(3,4)5)26(38)20(15-22(31)36)32-27(39)40-29(6,7)8/h9-14,20,24,35H,15H2,1-8H3,(H2,31,36)(H,32,39)(H,33,37). The van der Waals surface area contributed by atoms with E-state index in [2.05, 4.69) is 10.6 Å². The number of anilines is 1. The second kappa shape index (κ2) is 12.6. The monoisotopic (exact) mass is 574 g/mol. The van der Waals surface area contributed by atoms with Crippen molar-refractivity contribution < 1.29 is 29.0 Å². The first-order chi connectivity index (χ1) is 18.3. The summed E-state index contributed by atoms with van der Waals surface area (Å²) >= 11 is 6.38. The Bertz CT molecular complexity index is 1260. The van der Waals surface area contributed by atoms with Crippen molar-refractivity contribution in [1.82, 2.24) is 10.2 Å². The van der Waals surface area contributed by atoms with E-state index in [1.807, 2.05) is 0 Å². The number of hydrogen-bond donors (Lipinski definition) is 4. The molecule has 218 valence electrons. The number of alkyl carbamates (subject to hydrolysis) is 1. The van der Waals surface area contributed by atoms with E-state index in [1.165, 1.54) is 17.0 Å². The summed E-state index contributed by atoms with van der Waals surface area (Å²) in [7, 11) is 0. The van der Waals surface area contributed by atoms with E-state index in [4.69, 9.17) is 22.1 Å². The maximum absolute atomic E-state index is 14.2. The van der Waals surface area contributed by atoms with Crippen LogP contribution in [-0.2, 0) is 19.1 Å². The molecule has 4 amide bonds. The molecule has 0 saturated heterocycles. The van der Waals surface area contributed by atoms with Crippen molar-refractivity contribution in [2.75, 3.05) is 5.32 Å². The molecule has 0 bridgehead atoms. The van der Waals surface area contributed by atoms with Gasteiger partial charge in [0.15, 0.2) is 0 Å². The highest BCUT2D eigenvalue weighted by atomic mass is 35.5. The molecule has 0 aromatic heterocycles. The number of carbonyl (C=O) groups is 4. The Balaban J connectivity index is 2.68. The largest absolute Gasteiger partial charge is 0.508 e. The molecular weight excluding hydrogens is 536 g/mol. The first-order valence-electron chi connectivity index (χ1n) is 12.8. The van der Waals surface area contributed by atoms with E-state index < -0.39 is 53.5 Å². The second-order valence-corrected chi connectivity index (χ2v) is 12.0. The van der Waals surface area contributed by atoms with Gasteiger partial charge in [-0.2, -0.15) is 0 Å². The van der Waals surface area contributed by atoms with Gasteiger partial charge in [-0.15, -0.1) is 0 Å². The number of primary amides is 1. The highest BCUT2D eigenvalue weighted by Crippen LogP contribution is 2.34. The summed E-state index contributed by atoms with van der Waals surface area (Å²) in [6, 6.07) is 7.01. The Morgan fingerprint density at radius 2 is 1.65 bits per heavy atom. The number of benzene rings is 2. The first kappa shape index (κ1) is 32.4. The molecule has 11 heteroatoms. The molecule has 2 rings (SSSR count). The highest BCUT2D eigenvalue weighted by molar-refractivity contribution is 6.34. The molecule has 0 spiro atoms. The average Bonchev–Trinajstić information content (AvgIpc) is 2.78. The highest BCUT2D eigenvalue weighted by Gasteiger charge is 2.42. The minimum absolute atomic E-state index is 0.0108. The van der Waals surface area contributed by atoms with Crippen LogP contribution in [0.5, 0.6) is 5.75 Å². The summed E-state index contributed by atoms with van der Waals surface area (Å²) in [6.45, 7) is 13.6. The van der Waals surface area contributed by atoms with Gasteiger partial charge in [-0.1, -0.05) is 29.8 Å². The zero-order chi connectivity index (χ0) is 30.6. The van der Waals surface area contributed by atoms with Crippen molar-refractivity contribution in [1.29, 1.82) is 0 Å². The first-order valence-corrected chi connectivity index (χ1v) is 13.2. The number of nitrogens with two attached hydrogens (primary N) is 1. The van der Waals surface area contributed by atoms with Crippen molar-refractivity contribution >= 4 is 41.1 Å². The molecule has 10 nitrogen and oxygen atoms in total. The third-order valence-corrected chi connectivity index (χ3v) is 6.18. The number of rotatable bonds is 8. The number of phenolic OH excluding ortho intramolecular Hbond substituents is 1. The Morgan fingerprint density at radius 1 is 1.02 bits per heavy atom. The van der Waals surface area contributed by atoms with E-state index in [9.17, 15) is 24.3 Å². The molecule has 0 aliphatic rings. The van der Waals surface area contributed by atoms with Crippen molar-refractivity contribution in [3.05, 3.63) is 58.1 Å². The third kappa shape index (κ3) is 8.61. The van der Waals surface area contributed by atoms with Gasteiger partial charge in [0.2, 0.25) is 11.8 Å². The van der Waals surface area contributed by atoms with Gasteiger partial charge in [-0.3, -0.25) is 14.4 Å². The summed E-state index contributed by atoms with van der Waals surface area (Å²) < 4.78 is 5.30. The number of hydrogen-bond acceptors (Lipinski definition) is 6. The third-order valence-electron chi connectivity index (χ3n) is 5.87. The second-order valence-electron chi connectivity index (χ2n) is 11.6. The van der Waals surface area contributed by atoms with E-state index in [0.29, 0.717) is 27.4 Å². The molecule has 0 radical (unpaired) electrons. The molecular formula is C29H39ClN4O6. The fourth-order valence-corrected chi connectivity index (χ4v) is 4.38. The zero-order valence-electron chi connectivity index (χ0n) is 24.2. The molecule has 0 aliphatic heterocycles. The summed E-state index contributed by atoms with van der Waals surface area (Å²) in [5.41, 5.74) is 5.50. The summed E-state index contributed by atoms with van der Waals surface area (Å²) in [5, 5.41) is 15.7. The summed E-state index contributed by atoms with van der Waals surface area (Å²) in [5.74, 6) is -2.16. The normalized spacial score (nSPS) is 13.1. The number of ether oxygens (including phenoxy) is 1. The van der Waals surface area contributed by atoms with Gasteiger partial charge in [-0.05, 0) is 90.3 Å². The lowest BCUT2D eigenvalue weighted by molar-refractivity contribution is -0.147. The number of carbonyl (C=O) groups excluding carboxylic acids is 4. The number of aromatic hydroxyl groups is 1. The smallest absolute Gasteiger partial charge is 0.408 e. The number of halogens is 1. The van der Waals surface area contributed by atoms with Crippen LogP contribution < -0.4 is 16.4 Å². The van der Waals surface area contributed by atoms with Crippen molar-refractivity contribution in [3.8, 4) is 5.75 Å². The van der Waals surface area contributed by atoms with E-state index >= 15 is 0 Å². The lowest BCUT2D eigenvalue weighted by atomic mass is 9.93.